The fraction of sp³-hybridized carbons (Fsp3) is 0.250. The first-order valence-corrected chi connectivity index (χ1v) is 7.95. The molecule has 2 aromatic carbocycles. The van der Waals surface area contributed by atoms with Gasteiger partial charge >= 0.3 is 0 Å². The van der Waals surface area contributed by atoms with Crippen molar-refractivity contribution in [3.8, 4) is 5.75 Å². The third-order valence-corrected chi connectivity index (χ3v) is 4.12. The highest BCUT2D eigenvalue weighted by molar-refractivity contribution is 7.98. The van der Waals surface area contributed by atoms with Crippen molar-refractivity contribution in [3.63, 3.8) is 0 Å². The Labute approximate surface area is 129 Å². The minimum Gasteiger partial charge on any atom is -0.493 e. The number of hydrogen-bond donors (Lipinski definition) is 1. The second-order valence-corrected chi connectivity index (χ2v) is 5.92. The first kappa shape index (κ1) is 15.1. The van der Waals surface area contributed by atoms with E-state index in [9.17, 15) is 0 Å². The third-order valence-electron chi connectivity index (χ3n) is 2.73. The van der Waals surface area contributed by atoms with E-state index in [1.54, 1.807) is 11.8 Å². The highest BCUT2D eigenvalue weighted by Crippen LogP contribution is 2.30. The number of nitrogen functional groups attached to an aromatic ring is 1. The average molecular weight is 308 g/mol. The van der Waals surface area contributed by atoms with Crippen LogP contribution >= 0.6 is 23.4 Å². The molecule has 0 spiro atoms. The van der Waals surface area contributed by atoms with Crippen molar-refractivity contribution >= 4 is 29.1 Å². The summed E-state index contributed by atoms with van der Waals surface area (Å²) in [6, 6.07) is 13.7. The summed E-state index contributed by atoms with van der Waals surface area (Å²) in [6.45, 7) is 2.79. The smallest absolute Gasteiger partial charge is 0.122 e. The van der Waals surface area contributed by atoms with E-state index in [4.69, 9.17) is 22.1 Å². The van der Waals surface area contributed by atoms with Gasteiger partial charge in [-0.15, -0.1) is 11.8 Å². The lowest BCUT2D eigenvalue weighted by molar-refractivity contribution is 0.317. The Morgan fingerprint density at radius 1 is 1.20 bits per heavy atom. The van der Waals surface area contributed by atoms with Crippen LogP contribution < -0.4 is 10.5 Å². The van der Waals surface area contributed by atoms with Gasteiger partial charge in [-0.2, -0.15) is 0 Å². The van der Waals surface area contributed by atoms with Crippen LogP contribution in [0.4, 0.5) is 5.69 Å². The first-order chi connectivity index (χ1) is 9.69. The lowest BCUT2D eigenvalue weighted by atomic mass is 10.2. The van der Waals surface area contributed by atoms with E-state index in [0.717, 1.165) is 39.1 Å². The number of ether oxygens (including phenoxy) is 1. The van der Waals surface area contributed by atoms with Crippen LogP contribution in [-0.2, 0) is 5.75 Å². The maximum Gasteiger partial charge on any atom is 0.122 e. The van der Waals surface area contributed by atoms with Crippen molar-refractivity contribution in [2.24, 2.45) is 0 Å². The highest BCUT2D eigenvalue weighted by Gasteiger charge is 2.04. The maximum atomic E-state index is 6.16. The zero-order valence-electron chi connectivity index (χ0n) is 11.4. The molecule has 2 rings (SSSR count). The summed E-state index contributed by atoms with van der Waals surface area (Å²) < 4.78 is 5.63. The van der Waals surface area contributed by atoms with Gasteiger partial charge in [0.15, 0.2) is 0 Å². The molecule has 0 heterocycles. The Morgan fingerprint density at radius 3 is 2.75 bits per heavy atom. The van der Waals surface area contributed by atoms with Crippen molar-refractivity contribution in [1.29, 1.82) is 0 Å². The number of rotatable bonds is 6. The minimum atomic E-state index is 0.706. The molecule has 0 fully saturated rings. The van der Waals surface area contributed by atoms with E-state index in [2.05, 4.69) is 6.92 Å². The molecule has 0 aliphatic rings. The topological polar surface area (TPSA) is 35.2 Å². The molecule has 0 aromatic heterocycles. The molecule has 0 saturated heterocycles. The summed E-state index contributed by atoms with van der Waals surface area (Å²) in [5.41, 5.74) is 7.76. The normalized spacial score (nSPS) is 10.5. The van der Waals surface area contributed by atoms with Crippen LogP contribution in [0.5, 0.6) is 5.75 Å². The van der Waals surface area contributed by atoms with Crippen LogP contribution in [-0.4, -0.2) is 6.61 Å². The molecular weight excluding hydrogens is 290 g/mol. The van der Waals surface area contributed by atoms with Gasteiger partial charge in [-0.3, -0.25) is 0 Å². The molecule has 2 N–H and O–H groups in total. The second kappa shape index (κ2) is 7.46. The summed E-state index contributed by atoms with van der Waals surface area (Å²) in [5, 5.41) is 0.798. The van der Waals surface area contributed by atoms with Crippen LogP contribution in [0, 0.1) is 0 Å². The van der Waals surface area contributed by atoms with Crippen molar-refractivity contribution in [3.05, 3.63) is 53.1 Å². The molecule has 0 saturated carbocycles. The Kier molecular flexibility index (Phi) is 5.62. The summed E-state index contributed by atoms with van der Waals surface area (Å²) in [4.78, 5) is 1.09. The molecule has 0 bridgehead atoms. The molecule has 4 heteroatoms. The Balaban J connectivity index is 2.05. The number of hydrogen-bond acceptors (Lipinski definition) is 3. The van der Waals surface area contributed by atoms with Crippen molar-refractivity contribution in [2.75, 3.05) is 12.3 Å². The molecule has 0 aliphatic carbocycles. The fourth-order valence-electron chi connectivity index (χ4n) is 1.76. The predicted octanol–water partition coefficient (Wildman–Crippen LogP) is 5.00. The number of halogens is 1. The van der Waals surface area contributed by atoms with Gasteiger partial charge in [0.1, 0.15) is 5.75 Å². The number of thioether (sulfide) groups is 1. The van der Waals surface area contributed by atoms with Gasteiger partial charge < -0.3 is 10.5 Å². The summed E-state index contributed by atoms with van der Waals surface area (Å²) in [6.07, 6.45) is 0.983. The van der Waals surface area contributed by atoms with Crippen molar-refractivity contribution in [1.82, 2.24) is 0 Å². The lowest BCUT2D eigenvalue weighted by Crippen LogP contribution is -1.96. The minimum absolute atomic E-state index is 0.706. The van der Waals surface area contributed by atoms with Crippen LogP contribution in [0.25, 0.3) is 0 Å². The number of anilines is 1. The first-order valence-electron chi connectivity index (χ1n) is 6.58. The highest BCUT2D eigenvalue weighted by atomic mass is 35.5. The second-order valence-electron chi connectivity index (χ2n) is 4.47. The van der Waals surface area contributed by atoms with Gasteiger partial charge in [0, 0.05) is 27.4 Å². The Hall–Kier alpha value is -1.32. The summed E-state index contributed by atoms with van der Waals surface area (Å²) >= 11 is 7.86. The molecule has 0 amide bonds. The van der Waals surface area contributed by atoms with Gasteiger partial charge in [0.05, 0.1) is 6.61 Å². The molecule has 2 aromatic rings. The van der Waals surface area contributed by atoms with Crippen LogP contribution in [0.2, 0.25) is 5.02 Å². The van der Waals surface area contributed by atoms with Gasteiger partial charge in [-0.1, -0.05) is 36.7 Å². The van der Waals surface area contributed by atoms with E-state index < -0.39 is 0 Å². The fourth-order valence-corrected chi connectivity index (χ4v) is 3.03. The Bertz CT molecular complexity index is 574. The summed E-state index contributed by atoms with van der Waals surface area (Å²) in [7, 11) is 0. The molecule has 106 valence electrons. The van der Waals surface area contributed by atoms with E-state index >= 15 is 0 Å². The number of nitrogens with two attached hydrogens (primary N) is 1. The van der Waals surface area contributed by atoms with Crippen LogP contribution in [0.15, 0.2) is 47.4 Å². The van der Waals surface area contributed by atoms with E-state index in [-0.39, 0.29) is 0 Å². The van der Waals surface area contributed by atoms with Gasteiger partial charge in [-0.05, 0) is 30.2 Å². The monoisotopic (exact) mass is 307 g/mol. The maximum absolute atomic E-state index is 6.16. The molecule has 20 heavy (non-hydrogen) atoms. The van der Waals surface area contributed by atoms with E-state index in [0.29, 0.717) is 6.61 Å². The molecular formula is C16H18ClNOS. The van der Waals surface area contributed by atoms with Crippen molar-refractivity contribution in [2.45, 2.75) is 24.0 Å². The van der Waals surface area contributed by atoms with Gasteiger partial charge in [0.25, 0.3) is 0 Å². The standard InChI is InChI=1S/C16H18ClNOS/c1-2-7-19-14-8-13(18)9-15(10-14)20-11-12-5-3-4-6-16(12)17/h3-6,8-10H,2,7,11,18H2,1H3. The van der Waals surface area contributed by atoms with Crippen LogP contribution in [0.3, 0.4) is 0 Å². The average Bonchev–Trinajstić information content (AvgIpc) is 2.44. The van der Waals surface area contributed by atoms with E-state index in [1.807, 2.05) is 42.5 Å². The zero-order valence-corrected chi connectivity index (χ0v) is 13.0. The quantitative estimate of drug-likeness (QED) is 0.602. The van der Waals surface area contributed by atoms with Crippen molar-refractivity contribution < 1.29 is 4.74 Å². The van der Waals surface area contributed by atoms with Crippen LogP contribution in [0.1, 0.15) is 18.9 Å². The molecule has 0 aliphatic heterocycles. The molecule has 2 nitrogen and oxygen atoms in total. The van der Waals surface area contributed by atoms with E-state index in [1.165, 1.54) is 0 Å². The zero-order chi connectivity index (χ0) is 14.4. The lowest BCUT2D eigenvalue weighted by Gasteiger charge is -2.09. The SMILES string of the molecule is CCCOc1cc(N)cc(SCc2ccccc2Cl)c1. The molecule has 0 radical (unpaired) electrons. The molecule has 0 unspecified atom stereocenters. The predicted molar refractivity (Wildman–Crippen MR) is 87.7 cm³/mol. The van der Waals surface area contributed by atoms with Gasteiger partial charge in [-0.25, -0.2) is 0 Å². The third kappa shape index (κ3) is 4.36. The molecule has 0 atom stereocenters. The largest absolute Gasteiger partial charge is 0.493 e. The summed E-state index contributed by atoms with van der Waals surface area (Å²) in [5.74, 6) is 1.64. The number of benzene rings is 2. The van der Waals surface area contributed by atoms with Gasteiger partial charge in [0.2, 0.25) is 0 Å². The Morgan fingerprint density at radius 2 is 2.00 bits per heavy atom.